The van der Waals surface area contributed by atoms with E-state index in [2.05, 4.69) is 0 Å². The van der Waals surface area contributed by atoms with E-state index in [1.807, 2.05) is 66.9 Å². The fraction of sp³-hybridized carbons (Fsp3) is 0.212. The molecule has 0 aliphatic carbocycles. The van der Waals surface area contributed by atoms with Gasteiger partial charge in [-0.2, -0.15) is 0 Å². The Bertz CT molecular complexity index is 1840. The second-order valence-corrected chi connectivity index (χ2v) is 11.2. The minimum absolute atomic E-state index is 0.176. The average Bonchev–Trinajstić information content (AvgIpc) is 3.34. The summed E-state index contributed by atoms with van der Waals surface area (Å²) in [4.78, 5) is 46.0. The number of thiazole rings is 1. The number of hydrogen-bond acceptors (Lipinski definition) is 9. The van der Waals surface area contributed by atoms with Gasteiger partial charge in [-0.3, -0.25) is 9.36 Å². The van der Waals surface area contributed by atoms with Gasteiger partial charge in [0.2, 0.25) is 0 Å². The quantitative estimate of drug-likeness (QED) is 0.190. The number of nitrogens with zero attached hydrogens (tertiary/aromatic N) is 2. The van der Waals surface area contributed by atoms with Crippen molar-refractivity contribution in [3.05, 3.63) is 121 Å². The molecule has 2 heterocycles. The van der Waals surface area contributed by atoms with Gasteiger partial charge in [-0.15, -0.1) is 11.8 Å². The molecule has 0 fully saturated rings. The van der Waals surface area contributed by atoms with Gasteiger partial charge in [0.05, 0.1) is 35.1 Å². The summed E-state index contributed by atoms with van der Waals surface area (Å²) >= 11 is 2.83. The first-order valence-electron chi connectivity index (χ1n) is 13.7. The number of carbonyl (C=O) groups excluding carboxylic acids is 2. The fourth-order valence-electron chi connectivity index (χ4n) is 4.75. The lowest BCUT2D eigenvalue weighted by molar-refractivity contribution is -0.145. The molecule has 1 aliphatic rings. The molecule has 0 spiro atoms. The van der Waals surface area contributed by atoms with E-state index in [9.17, 15) is 14.4 Å². The molecule has 0 saturated heterocycles. The van der Waals surface area contributed by atoms with Gasteiger partial charge < -0.3 is 14.2 Å². The van der Waals surface area contributed by atoms with Gasteiger partial charge in [0.15, 0.2) is 11.4 Å². The highest BCUT2D eigenvalue weighted by molar-refractivity contribution is 7.98. The number of ether oxygens (including phenoxy) is 3. The molecular weight excluding hydrogens is 585 g/mol. The Morgan fingerprint density at radius 1 is 0.953 bits per heavy atom. The number of hydrogen-bond donors (Lipinski definition) is 0. The Labute approximate surface area is 257 Å². The monoisotopic (exact) mass is 614 g/mol. The molecular formula is C33H30N2O6S2. The zero-order valence-electron chi connectivity index (χ0n) is 23.9. The predicted molar refractivity (Wildman–Crippen MR) is 168 cm³/mol. The number of benzene rings is 3. The third-order valence-corrected chi connectivity index (χ3v) is 8.39. The first kappa shape index (κ1) is 30.1. The van der Waals surface area contributed by atoms with Crippen molar-refractivity contribution < 1.29 is 23.8 Å². The number of para-hydroxylation sites is 1. The number of fused-ring (bicyclic) bond motifs is 1. The standard InChI is InChI=1S/C33H30N2O6S2/c1-4-39-27(36)20-41-25-14-10-9-13-23(25)19-26-31(37)35-30(22-15-17-24(42-3)18-16-22)28(32(38)40-5-2)29(34-33(35)43-26)21-11-7-6-8-12-21/h6-19,30H,4-5,20H2,1-3H3/b26-19-/t30-/m1/s1. The Morgan fingerprint density at radius 2 is 1.65 bits per heavy atom. The third kappa shape index (κ3) is 6.50. The minimum atomic E-state index is -0.765. The van der Waals surface area contributed by atoms with E-state index in [-0.39, 0.29) is 25.4 Å². The van der Waals surface area contributed by atoms with Gasteiger partial charge in [0, 0.05) is 16.0 Å². The van der Waals surface area contributed by atoms with E-state index in [4.69, 9.17) is 19.2 Å². The normalized spacial score (nSPS) is 14.6. The van der Waals surface area contributed by atoms with E-state index in [1.54, 1.807) is 54.5 Å². The largest absolute Gasteiger partial charge is 0.481 e. The summed E-state index contributed by atoms with van der Waals surface area (Å²) in [5.41, 5.74) is 2.57. The van der Waals surface area contributed by atoms with Gasteiger partial charge in [-0.1, -0.05) is 72.0 Å². The molecule has 8 nitrogen and oxygen atoms in total. The van der Waals surface area contributed by atoms with Gasteiger partial charge >= 0.3 is 11.9 Å². The van der Waals surface area contributed by atoms with E-state index >= 15 is 0 Å². The Kier molecular flexibility index (Phi) is 9.58. The fourth-order valence-corrected chi connectivity index (χ4v) is 6.15. The molecule has 0 N–H and O–H groups in total. The molecule has 3 aromatic carbocycles. The lowest BCUT2D eigenvalue weighted by Crippen LogP contribution is -2.40. The van der Waals surface area contributed by atoms with E-state index in [0.29, 0.717) is 31.9 Å². The molecule has 10 heteroatoms. The van der Waals surface area contributed by atoms with E-state index in [1.165, 1.54) is 11.3 Å². The molecule has 0 radical (unpaired) electrons. The zero-order valence-corrected chi connectivity index (χ0v) is 25.6. The molecule has 0 saturated carbocycles. The van der Waals surface area contributed by atoms with Crippen LogP contribution in [-0.4, -0.2) is 42.6 Å². The van der Waals surface area contributed by atoms with Crippen LogP contribution in [0.4, 0.5) is 0 Å². The lowest BCUT2D eigenvalue weighted by atomic mass is 9.93. The lowest BCUT2D eigenvalue weighted by Gasteiger charge is -2.26. The molecule has 1 aliphatic heterocycles. The molecule has 1 atom stereocenters. The summed E-state index contributed by atoms with van der Waals surface area (Å²) in [5.74, 6) is -0.581. The number of esters is 2. The molecule has 1 aromatic heterocycles. The van der Waals surface area contributed by atoms with Crippen LogP contribution in [0.5, 0.6) is 5.75 Å². The minimum Gasteiger partial charge on any atom is -0.481 e. The van der Waals surface area contributed by atoms with Crippen LogP contribution in [-0.2, 0) is 19.1 Å². The van der Waals surface area contributed by atoms with Crippen LogP contribution >= 0.6 is 23.1 Å². The van der Waals surface area contributed by atoms with Gasteiger partial charge in [-0.25, -0.2) is 14.6 Å². The first-order valence-corrected chi connectivity index (χ1v) is 15.8. The first-order chi connectivity index (χ1) is 20.9. The summed E-state index contributed by atoms with van der Waals surface area (Å²) in [6, 6.07) is 23.6. The number of aromatic nitrogens is 1. The SMILES string of the molecule is CCOC(=O)COc1ccccc1/C=c1\sc2n(c1=O)[C@H](c1ccc(SC)cc1)C(C(=O)OCC)=C(c1ccccc1)N=2. The zero-order chi connectivity index (χ0) is 30.3. The maximum atomic E-state index is 14.1. The van der Waals surface area contributed by atoms with E-state index < -0.39 is 18.0 Å². The van der Waals surface area contributed by atoms with Crippen LogP contribution in [0.15, 0.2) is 99.1 Å². The number of thioether (sulfide) groups is 1. The van der Waals surface area contributed by atoms with Crippen molar-refractivity contribution in [1.29, 1.82) is 0 Å². The van der Waals surface area contributed by atoms with Gasteiger partial charge in [0.1, 0.15) is 5.75 Å². The summed E-state index contributed by atoms with van der Waals surface area (Å²) in [6.45, 7) is 3.65. The third-order valence-electron chi connectivity index (χ3n) is 6.66. The molecule has 5 rings (SSSR count). The molecule has 4 aromatic rings. The molecule has 0 unspecified atom stereocenters. The average molecular weight is 615 g/mol. The van der Waals surface area contributed by atoms with Crippen LogP contribution < -0.4 is 19.6 Å². The van der Waals surface area contributed by atoms with Crippen molar-refractivity contribution in [1.82, 2.24) is 4.57 Å². The number of carbonyl (C=O) groups is 2. The smallest absolute Gasteiger partial charge is 0.344 e. The van der Waals surface area contributed by atoms with Crippen LogP contribution in [0.25, 0.3) is 11.8 Å². The van der Waals surface area contributed by atoms with Crippen LogP contribution in [0, 0.1) is 0 Å². The maximum Gasteiger partial charge on any atom is 0.344 e. The van der Waals surface area contributed by atoms with E-state index in [0.717, 1.165) is 16.0 Å². The van der Waals surface area contributed by atoms with Crippen molar-refractivity contribution in [2.24, 2.45) is 4.99 Å². The maximum absolute atomic E-state index is 14.1. The topological polar surface area (TPSA) is 96.2 Å². The summed E-state index contributed by atoms with van der Waals surface area (Å²) in [7, 11) is 0. The van der Waals surface area contributed by atoms with Crippen LogP contribution in [0.3, 0.4) is 0 Å². The van der Waals surface area contributed by atoms with Crippen molar-refractivity contribution in [2.75, 3.05) is 26.1 Å². The molecule has 0 amide bonds. The molecule has 43 heavy (non-hydrogen) atoms. The van der Waals surface area contributed by atoms with Crippen molar-refractivity contribution >= 4 is 46.8 Å². The highest BCUT2D eigenvalue weighted by Crippen LogP contribution is 2.35. The Morgan fingerprint density at radius 3 is 2.35 bits per heavy atom. The van der Waals surface area contributed by atoms with Crippen LogP contribution in [0.2, 0.25) is 0 Å². The van der Waals surface area contributed by atoms with Gasteiger partial charge in [0.25, 0.3) is 5.56 Å². The van der Waals surface area contributed by atoms with Crippen LogP contribution in [0.1, 0.15) is 36.6 Å². The highest BCUT2D eigenvalue weighted by Gasteiger charge is 2.35. The summed E-state index contributed by atoms with van der Waals surface area (Å²) < 4.78 is 18.2. The van der Waals surface area contributed by atoms with Crippen molar-refractivity contribution in [3.8, 4) is 5.75 Å². The Balaban J connectivity index is 1.72. The summed E-state index contributed by atoms with van der Waals surface area (Å²) in [5, 5.41) is 0. The molecule has 0 bridgehead atoms. The van der Waals surface area contributed by atoms with Gasteiger partial charge in [-0.05, 0) is 49.9 Å². The number of rotatable bonds is 10. The molecule has 220 valence electrons. The highest BCUT2D eigenvalue weighted by atomic mass is 32.2. The van der Waals surface area contributed by atoms with Crippen molar-refractivity contribution in [2.45, 2.75) is 24.8 Å². The van der Waals surface area contributed by atoms with Crippen molar-refractivity contribution in [3.63, 3.8) is 0 Å². The predicted octanol–water partition coefficient (Wildman–Crippen LogP) is 4.60. The second kappa shape index (κ2) is 13.7. The Hall–Kier alpha value is -4.41. The summed E-state index contributed by atoms with van der Waals surface area (Å²) in [6.07, 6.45) is 3.71. The second-order valence-electron chi connectivity index (χ2n) is 9.34.